The molecule has 3 aliphatic carbocycles. The van der Waals surface area contributed by atoms with E-state index in [1.807, 2.05) is 39.8 Å². The lowest BCUT2D eigenvalue weighted by molar-refractivity contribution is -0.145. The third kappa shape index (κ3) is 7.26. The number of oxime groups is 1. The van der Waals surface area contributed by atoms with E-state index in [4.69, 9.17) is 16.4 Å². The standard InChI is InChI=1S/C36H48ClN5O6/c1-5-9-25(29(43)33(46)38-22-14-15-22)39-31(44)27-18-36(17-26(41-48-36)20-10-8-11-21(37)16-20)19-42(27)34(47)30(35(2,3)4)40-32(45)28-23-12-6-7-13-24(23)28/h8,10-11,16,22-25,27-28,30H,5-7,9,12-15,17-19H2,1-4H3,(H,38,46)(H,39,44)(H,40,45)/t23?,24?,25-,27?,28?,30+,36+/m0/s1. The van der Waals surface area contributed by atoms with E-state index in [1.54, 1.807) is 12.1 Å². The lowest BCUT2D eigenvalue weighted by Gasteiger charge is -2.35. The molecule has 6 rings (SSSR count). The van der Waals surface area contributed by atoms with Crippen LogP contribution in [0.5, 0.6) is 0 Å². The number of benzene rings is 1. The second kappa shape index (κ2) is 13.4. The largest absolute Gasteiger partial charge is 0.387 e. The van der Waals surface area contributed by atoms with Crippen LogP contribution in [-0.2, 0) is 28.8 Å². The van der Waals surface area contributed by atoms with Crippen LogP contribution in [0, 0.1) is 23.2 Å². The number of carbonyl (C=O) groups excluding carboxylic acids is 5. The molecule has 1 aromatic carbocycles. The van der Waals surface area contributed by atoms with E-state index in [2.05, 4.69) is 21.1 Å². The van der Waals surface area contributed by atoms with Crippen LogP contribution in [0.25, 0.3) is 0 Å². The maximum atomic E-state index is 14.6. The Morgan fingerprint density at radius 3 is 2.38 bits per heavy atom. The molecule has 6 atom stereocenters. The van der Waals surface area contributed by atoms with Crippen LogP contribution in [0.15, 0.2) is 29.4 Å². The second-order valence-electron chi connectivity index (χ2n) is 15.6. The van der Waals surface area contributed by atoms with Crippen LogP contribution >= 0.6 is 11.6 Å². The summed E-state index contributed by atoms with van der Waals surface area (Å²) in [6, 6.07) is 4.31. The first-order valence-electron chi connectivity index (χ1n) is 17.6. The number of ketones is 1. The van der Waals surface area contributed by atoms with E-state index in [0.29, 0.717) is 35.4 Å². The minimum atomic E-state index is -1.03. The number of hydrogen-bond acceptors (Lipinski definition) is 7. The number of hydrogen-bond donors (Lipinski definition) is 3. The van der Waals surface area contributed by atoms with Gasteiger partial charge in [0.05, 0.1) is 18.3 Å². The molecule has 3 unspecified atom stereocenters. The molecule has 12 heteroatoms. The number of amides is 4. The van der Waals surface area contributed by atoms with Gasteiger partial charge in [0.15, 0.2) is 5.60 Å². The summed E-state index contributed by atoms with van der Waals surface area (Å²) in [4.78, 5) is 75.7. The molecular weight excluding hydrogens is 634 g/mol. The molecule has 48 heavy (non-hydrogen) atoms. The molecule has 3 N–H and O–H groups in total. The minimum Gasteiger partial charge on any atom is -0.387 e. The van der Waals surface area contributed by atoms with Crippen LogP contribution in [0.3, 0.4) is 0 Å². The number of nitrogens with one attached hydrogen (secondary N) is 3. The second-order valence-corrected chi connectivity index (χ2v) is 16.0. The Hall–Kier alpha value is -3.47. The summed E-state index contributed by atoms with van der Waals surface area (Å²) in [6.45, 7) is 7.63. The van der Waals surface area contributed by atoms with Crippen molar-refractivity contribution in [1.82, 2.24) is 20.9 Å². The number of Topliss-reactive ketones (excluding diaryl/α,β-unsaturated/α-hetero) is 1. The summed E-state index contributed by atoms with van der Waals surface area (Å²) < 4.78 is 0. The summed E-state index contributed by atoms with van der Waals surface area (Å²) in [7, 11) is 0. The predicted octanol–water partition coefficient (Wildman–Crippen LogP) is 3.90. The zero-order valence-electron chi connectivity index (χ0n) is 28.4. The molecule has 5 aliphatic rings. The Labute approximate surface area is 287 Å². The normalized spacial score (nSPS) is 28.9. The molecule has 4 amide bonds. The molecule has 260 valence electrons. The SMILES string of the molecule is CCC[C@H](NC(=O)C1C[C@]2(CC(c3cccc(Cl)c3)=NO2)CN1C(=O)[C@@H](NC(=O)C1C2CCCCC21)C(C)(C)C)C(=O)C(=O)NC1CC1. The fourth-order valence-corrected chi connectivity index (χ4v) is 8.04. The van der Waals surface area contributed by atoms with Crippen LogP contribution in [0.1, 0.15) is 97.5 Å². The topological polar surface area (TPSA) is 146 Å². The highest BCUT2D eigenvalue weighted by molar-refractivity contribution is 6.38. The number of halogens is 1. The minimum absolute atomic E-state index is 0.000400. The van der Waals surface area contributed by atoms with Crippen molar-refractivity contribution in [3.05, 3.63) is 34.9 Å². The van der Waals surface area contributed by atoms with E-state index in [-0.39, 0.29) is 43.2 Å². The van der Waals surface area contributed by atoms with Crippen LogP contribution < -0.4 is 16.0 Å². The highest BCUT2D eigenvalue weighted by Crippen LogP contribution is 2.55. The highest BCUT2D eigenvalue weighted by atomic mass is 35.5. The van der Waals surface area contributed by atoms with Crippen LogP contribution in [0.2, 0.25) is 5.02 Å². The molecule has 1 spiro atoms. The molecular formula is C36H48ClN5O6. The maximum absolute atomic E-state index is 14.6. The van der Waals surface area contributed by atoms with Crippen molar-refractivity contribution in [2.45, 2.75) is 122 Å². The number of likely N-dealkylation sites (tertiary alicyclic amines) is 1. The van der Waals surface area contributed by atoms with Gasteiger partial charge in [-0.2, -0.15) is 0 Å². The van der Waals surface area contributed by atoms with Gasteiger partial charge in [-0.15, -0.1) is 0 Å². The third-order valence-corrected chi connectivity index (χ3v) is 10.9. The van der Waals surface area contributed by atoms with Gasteiger partial charge in [-0.25, -0.2) is 0 Å². The number of rotatable bonds is 11. The lowest BCUT2D eigenvalue weighted by Crippen LogP contribution is -2.59. The zero-order chi connectivity index (χ0) is 34.4. The summed E-state index contributed by atoms with van der Waals surface area (Å²) in [5.41, 5.74) is -0.227. The fourth-order valence-electron chi connectivity index (χ4n) is 7.85. The Balaban J connectivity index is 1.24. The molecule has 0 radical (unpaired) electrons. The van der Waals surface area contributed by atoms with Gasteiger partial charge in [-0.1, -0.05) is 75.8 Å². The van der Waals surface area contributed by atoms with Crippen molar-refractivity contribution in [2.24, 2.45) is 28.3 Å². The molecule has 2 aliphatic heterocycles. The van der Waals surface area contributed by atoms with E-state index in [0.717, 1.165) is 44.1 Å². The Bertz CT molecular complexity index is 1490. The average Bonchev–Trinajstić information content (AvgIpc) is 3.93. The summed E-state index contributed by atoms with van der Waals surface area (Å²) in [5, 5.41) is 13.6. The molecule has 1 saturated heterocycles. The maximum Gasteiger partial charge on any atom is 0.289 e. The van der Waals surface area contributed by atoms with Crippen LogP contribution in [0.4, 0.5) is 0 Å². The van der Waals surface area contributed by atoms with Gasteiger partial charge in [0.2, 0.25) is 23.5 Å². The summed E-state index contributed by atoms with van der Waals surface area (Å²) >= 11 is 6.25. The molecule has 0 aromatic heterocycles. The van der Waals surface area contributed by atoms with Gasteiger partial charge in [0.25, 0.3) is 5.91 Å². The first-order chi connectivity index (χ1) is 22.8. The number of fused-ring (bicyclic) bond motifs is 1. The van der Waals surface area contributed by atoms with Gasteiger partial charge in [0, 0.05) is 35.4 Å². The van der Waals surface area contributed by atoms with Crippen molar-refractivity contribution >= 4 is 46.7 Å². The first kappa shape index (κ1) is 34.4. The smallest absolute Gasteiger partial charge is 0.289 e. The van der Waals surface area contributed by atoms with Crippen LogP contribution in [-0.4, -0.2) is 76.3 Å². The van der Waals surface area contributed by atoms with Gasteiger partial charge in [0.1, 0.15) is 12.1 Å². The van der Waals surface area contributed by atoms with Crippen molar-refractivity contribution in [3.8, 4) is 0 Å². The van der Waals surface area contributed by atoms with E-state index >= 15 is 0 Å². The van der Waals surface area contributed by atoms with Crippen molar-refractivity contribution in [1.29, 1.82) is 0 Å². The summed E-state index contributed by atoms with van der Waals surface area (Å²) in [5.74, 6) is -1.76. The predicted molar refractivity (Wildman–Crippen MR) is 180 cm³/mol. The van der Waals surface area contributed by atoms with Crippen molar-refractivity contribution < 1.29 is 28.8 Å². The lowest BCUT2D eigenvalue weighted by atomic mass is 9.85. The van der Waals surface area contributed by atoms with E-state index in [1.165, 1.54) is 4.90 Å². The van der Waals surface area contributed by atoms with Gasteiger partial charge >= 0.3 is 0 Å². The zero-order valence-corrected chi connectivity index (χ0v) is 29.1. The first-order valence-corrected chi connectivity index (χ1v) is 17.9. The van der Waals surface area contributed by atoms with Crippen molar-refractivity contribution in [3.63, 3.8) is 0 Å². The molecule has 0 bridgehead atoms. The molecule has 11 nitrogen and oxygen atoms in total. The van der Waals surface area contributed by atoms with E-state index < -0.39 is 46.7 Å². The van der Waals surface area contributed by atoms with Gasteiger partial charge in [-0.05, 0) is 61.5 Å². The van der Waals surface area contributed by atoms with Gasteiger partial charge in [-0.3, -0.25) is 24.0 Å². The molecule has 4 fully saturated rings. The number of nitrogens with zero attached hydrogens (tertiary/aromatic N) is 2. The quantitative estimate of drug-likeness (QED) is 0.302. The van der Waals surface area contributed by atoms with Crippen molar-refractivity contribution in [2.75, 3.05) is 6.54 Å². The molecule has 2 heterocycles. The fraction of sp³-hybridized carbons (Fsp3) is 0.667. The Morgan fingerprint density at radius 2 is 1.75 bits per heavy atom. The average molecular weight is 682 g/mol. The highest BCUT2D eigenvalue weighted by Gasteiger charge is 2.58. The Kier molecular flexibility index (Phi) is 9.63. The molecule has 1 aromatic rings. The monoisotopic (exact) mass is 681 g/mol. The summed E-state index contributed by atoms with van der Waals surface area (Å²) in [6.07, 6.45) is 7.28. The molecule has 3 saturated carbocycles. The third-order valence-electron chi connectivity index (χ3n) is 10.7. The van der Waals surface area contributed by atoms with E-state index in [9.17, 15) is 24.0 Å². The van der Waals surface area contributed by atoms with Gasteiger partial charge < -0.3 is 25.7 Å². The Morgan fingerprint density at radius 1 is 1.04 bits per heavy atom. The number of carbonyl (C=O) groups is 5.